The maximum absolute atomic E-state index is 11.0. The number of rotatable bonds is 13. The van der Waals surface area contributed by atoms with Crippen molar-refractivity contribution in [2.45, 2.75) is 110 Å². The Kier molecular flexibility index (Phi) is 13.4. The first-order valence-electron chi connectivity index (χ1n) is 14.3. The zero-order chi connectivity index (χ0) is 29.0. The maximum atomic E-state index is 11.0. The number of aliphatic carboxylic acids is 2. The molecular weight excluding hydrogens is 496 g/mol. The van der Waals surface area contributed by atoms with Crippen LogP contribution in [0.2, 0.25) is 0 Å². The van der Waals surface area contributed by atoms with Crippen LogP contribution in [0.3, 0.4) is 0 Å². The van der Waals surface area contributed by atoms with Gasteiger partial charge in [0.15, 0.2) is 5.79 Å². The monoisotopic (exact) mass is 544 g/mol. The number of unbranched alkanes of at least 4 members (excludes halogenated alkanes) is 1. The summed E-state index contributed by atoms with van der Waals surface area (Å²) in [5, 5.41) is 28.1. The second-order valence-corrected chi connectivity index (χ2v) is 11.3. The predicted octanol–water partition coefficient (Wildman–Crippen LogP) is 6.60. The van der Waals surface area contributed by atoms with E-state index in [0.29, 0.717) is 17.4 Å². The molecule has 0 radical (unpaired) electrons. The van der Waals surface area contributed by atoms with Gasteiger partial charge in [-0.1, -0.05) is 75.6 Å². The number of carboxylic acid groups (broad SMARTS) is 2. The number of carboxylic acids is 2. The lowest BCUT2D eigenvalue weighted by molar-refractivity contribution is -0.324. The average molecular weight is 545 g/mol. The van der Waals surface area contributed by atoms with Crippen LogP contribution in [0.25, 0.3) is 0 Å². The highest BCUT2D eigenvalue weighted by Crippen LogP contribution is 2.45. The van der Waals surface area contributed by atoms with Crippen LogP contribution in [-0.2, 0) is 19.1 Å². The van der Waals surface area contributed by atoms with Crippen molar-refractivity contribution in [3.05, 3.63) is 59.8 Å². The first-order chi connectivity index (χ1) is 18.4. The molecule has 0 aliphatic carbocycles. The zero-order valence-electron chi connectivity index (χ0n) is 24.2. The summed E-state index contributed by atoms with van der Waals surface area (Å²) in [7, 11) is 0. The van der Waals surface area contributed by atoms with Crippen LogP contribution < -0.4 is 0 Å². The Morgan fingerprint density at radius 1 is 1.00 bits per heavy atom. The lowest BCUT2D eigenvalue weighted by atomic mass is 9.81. The van der Waals surface area contributed by atoms with E-state index in [9.17, 15) is 14.7 Å². The Hall–Kier alpha value is -2.48. The van der Waals surface area contributed by atoms with Gasteiger partial charge in [-0.25, -0.2) is 9.59 Å². The Morgan fingerprint density at radius 3 is 2.38 bits per heavy atom. The van der Waals surface area contributed by atoms with E-state index in [4.69, 9.17) is 19.7 Å². The van der Waals surface area contributed by atoms with Gasteiger partial charge in [0, 0.05) is 30.9 Å². The molecule has 2 heterocycles. The third-order valence-corrected chi connectivity index (χ3v) is 7.83. The lowest BCUT2D eigenvalue weighted by Gasteiger charge is -2.49. The Bertz CT molecular complexity index is 960. The van der Waals surface area contributed by atoms with E-state index in [0.717, 1.165) is 63.0 Å². The molecule has 0 saturated carbocycles. The fourth-order valence-corrected chi connectivity index (χ4v) is 5.21. The molecule has 2 saturated heterocycles. The Morgan fingerprint density at radius 2 is 1.72 bits per heavy atom. The molecule has 2 aliphatic rings. The highest BCUT2D eigenvalue weighted by molar-refractivity contribution is 5.81. The molecule has 0 aromatic carbocycles. The Balaban J connectivity index is 2.08. The highest BCUT2D eigenvalue weighted by atomic mass is 16.7. The van der Waals surface area contributed by atoms with Gasteiger partial charge in [-0.3, -0.25) is 0 Å². The van der Waals surface area contributed by atoms with Gasteiger partial charge in [0.1, 0.15) is 0 Å². The summed E-state index contributed by atoms with van der Waals surface area (Å²) in [6.45, 7) is 9.94. The van der Waals surface area contributed by atoms with Crippen molar-refractivity contribution in [1.82, 2.24) is 0 Å². The number of carbonyl (C=O) groups is 2. The molecule has 7 nitrogen and oxygen atoms in total. The summed E-state index contributed by atoms with van der Waals surface area (Å²) in [5.74, 6) is -2.14. The molecule has 0 aromatic heterocycles. The van der Waals surface area contributed by atoms with E-state index in [1.807, 2.05) is 25.2 Å². The van der Waals surface area contributed by atoms with Crippen LogP contribution in [0.5, 0.6) is 0 Å². The predicted molar refractivity (Wildman–Crippen MR) is 153 cm³/mol. The lowest BCUT2D eigenvalue weighted by Crippen LogP contribution is -2.52. The number of ether oxygens (including phenoxy) is 2. The van der Waals surface area contributed by atoms with Gasteiger partial charge in [-0.2, -0.15) is 0 Å². The fourth-order valence-electron chi connectivity index (χ4n) is 5.21. The molecule has 39 heavy (non-hydrogen) atoms. The van der Waals surface area contributed by atoms with Gasteiger partial charge in [0.2, 0.25) is 0 Å². The third kappa shape index (κ3) is 11.3. The van der Waals surface area contributed by atoms with Crippen LogP contribution >= 0.6 is 0 Å². The van der Waals surface area contributed by atoms with Crippen LogP contribution in [0, 0.1) is 17.8 Å². The molecule has 2 fully saturated rings. The van der Waals surface area contributed by atoms with Crippen molar-refractivity contribution in [1.29, 1.82) is 0 Å². The second-order valence-electron chi connectivity index (χ2n) is 11.3. The molecule has 0 amide bonds. The van der Waals surface area contributed by atoms with E-state index in [-0.39, 0.29) is 18.1 Å². The molecule has 0 unspecified atom stereocenters. The molecule has 2 rings (SSSR count). The third-order valence-electron chi connectivity index (χ3n) is 7.83. The summed E-state index contributed by atoms with van der Waals surface area (Å²) in [6.07, 6.45) is 20.2. The van der Waals surface area contributed by atoms with Gasteiger partial charge < -0.3 is 24.8 Å². The standard InChI is InChI=1S/C32H48O7/c1-6-7-8-26-18-20-32(39-29(26)15-11-23(3)21-31(36)37)19-17-25(5)28(38-32)14-10-22(2)9-13-27(33)24(4)12-16-30(34)35/h9-13,15-16,21,24-29,33H,6-8,14,17-20H2,1-5H3,(H,34,35)(H,36,37)/b13-9+,15-11+,16-12+,22-10+,23-21+/t24-,25-,26-,27+,28+,29-,32-/m0/s1. The van der Waals surface area contributed by atoms with E-state index >= 15 is 0 Å². The summed E-state index contributed by atoms with van der Waals surface area (Å²) < 4.78 is 13.4. The largest absolute Gasteiger partial charge is 0.478 e. The average Bonchev–Trinajstić information content (AvgIpc) is 2.88. The molecule has 0 aromatic rings. The molecular formula is C32H48O7. The number of aliphatic hydroxyl groups excluding tert-OH is 1. The SMILES string of the molecule is CCCC[C@H]1CC[C@]2(CC[C@H](C)[C@@H](C/C=C(C)/C=C/[C@@H](O)[C@@H](C)/C=C/C(=O)O)O2)O[C@H]1/C=C/C(C)=C/C(=O)O. The first-order valence-corrected chi connectivity index (χ1v) is 14.3. The second kappa shape index (κ2) is 15.9. The summed E-state index contributed by atoms with van der Waals surface area (Å²) in [4.78, 5) is 21.7. The van der Waals surface area contributed by atoms with Gasteiger partial charge in [-0.05, 0) is 56.9 Å². The zero-order valence-corrected chi connectivity index (χ0v) is 24.2. The van der Waals surface area contributed by atoms with Crippen molar-refractivity contribution in [3.63, 3.8) is 0 Å². The number of allylic oxidation sites excluding steroid dienone is 4. The van der Waals surface area contributed by atoms with Crippen LogP contribution in [0.4, 0.5) is 0 Å². The van der Waals surface area contributed by atoms with E-state index in [1.54, 1.807) is 19.9 Å². The van der Waals surface area contributed by atoms with Crippen LogP contribution in [-0.4, -0.2) is 51.4 Å². The molecule has 218 valence electrons. The van der Waals surface area contributed by atoms with Gasteiger partial charge >= 0.3 is 11.9 Å². The Labute approximate surface area is 234 Å². The smallest absolute Gasteiger partial charge is 0.328 e. The minimum atomic E-state index is -1.03. The molecule has 7 heteroatoms. The van der Waals surface area contributed by atoms with Crippen LogP contribution in [0.1, 0.15) is 86.0 Å². The van der Waals surface area contributed by atoms with Gasteiger partial charge in [0.05, 0.1) is 18.3 Å². The van der Waals surface area contributed by atoms with Crippen molar-refractivity contribution in [2.75, 3.05) is 0 Å². The minimum Gasteiger partial charge on any atom is -0.478 e. The molecule has 7 atom stereocenters. The number of hydrogen-bond acceptors (Lipinski definition) is 5. The quantitative estimate of drug-likeness (QED) is 0.177. The summed E-state index contributed by atoms with van der Waals surface area (Å²) in [6, 6.07) is 0. The normalized spacial score (nSPS) is 30.4. The van der Waals surface area contributed by atoms with Crippen molar-refractivity contribution in [3.8, 4) is 0 Å². The summed E-state index contributed by atoms with van der Waals surface area (Å²) in [5.41, 5.74) is 1.69. The first kappa shape index (κ1) is 32.7. The molecule has 2 aliphatic heterocycles. The topological polar surface area (TPSA) is 113 Å². The highest BCUT2D eigenvalue weighted by Gasteiger charge is 2.46. The number of aliphatic hydroxyl groups is 1. The fraction of sp³-hybridized carbons (Fsp3) is 0.625. The van der Waals surface area contributed by atoms with E-state index < -0.39 is 23.8 Å². The van der Waals surface area contributed by atoms with E-state index in [1.165, 1.54) is 12.2 Å². The van der Waals surface area contributed by atoms with Gasteiger partial charge in [0.25, 0.3) is 0 Å². The van der Waals surface area contributed by atoms with Crippen molar-refractivity contribution in [2.24, 2.45) is 17.8 Å². The molecule has 0 bridgehead atoms. The van der Waals surface area contributed by atoms with Crippen LogP contribution in [0.15, 0.2) is 59.8 Å². The van der Waals surface area contributed by atoms with Crippen molar-refractivity contribution < 1.29 is 34.4 Å². The van der Waals surface area contributed by atoms with Crippen molar-refractivity contribution >= 4 is 11.9 Å². The van der Waals surface area contributed by atoms with Gasteiger partial charge in [-0.15, -0.1) is 0 Å². The minimum absolute atomic E-state index is 0.00918. The molecule has 1 spiro atoms. The number of hydrogen-bond donors (Lipinski definition) is 3. The summed E-state index contributed by atoms with van der Waals surface area (Å²) >= 11 is 0. The maximum Gasteiger partial charge on any atom is 0.328 e. The van der Waals surface area contributed by atoms with E-state index in [2.05, 4.69) is 19.9 Å². The molecule has 3 N–H and O–H groups in total.